The summed E-state index contributed by atoms with van der Waals surface area (Å²) < 4.78 is 0. The zero-order chi connectivity index (χ0) is 11.4. The van der Waals surface area contributed by atoms with Gasteiger partial charge in [0.25, 0.3) is 0 Å². The molecule has 2 atom stereocenters. The molecule has 0 spiro atoms. The minimum Gasteiger partial charge on any atom is -0.325 e. The van der Waals surface area contributed by atoms with Gasteiger partial charge in [0.2, 0.25) is 0 Å². The van der Waals surface area contributed by atoms with Gasteiger partial charge < -0.3 is 5.73 Å². The second-order valence-corrected chi connectivity index (χ2v) is 6.20. The molecule has 0 saturated heterocycles. The highest BCUT2D eigenvalue weighted by Crippen LogP contribution is 2.37. The van der Waals surface area contributed by atoms with E-state index in [4.69, 9.17) is 5.73 Å². The number of rotatable bonds is 4. The Hall–Kier alpha value is -0.340. The van der Waals surface area contributed by atoms with Crippen molar-refractivity contribution in [1.29, 1.82) is 0 Å². The minimum atomic E-state index is 0.122. The fraction of sp³-hybridized carbons (Fsp3) is 0.714. The predicted octanol–water partition coefficient (Wildman–Crippen LogP) is 3.98. The lowest BCUT2D eigenvalue weighted by molar-refractivity contribution is 0.172. The van der Waals surface area contributed by atoms with Crippen LogP contribution in [0.3, 0.4) is 0 Å². The molecular formula is C14H23NS. The molecule has 0 aliphatic heterocycles. The molecule has 1 heterocycles. The number of aryl methyl sites for hydroxylation is 1. The van der Waals surface area contributed by atoms with E-state index in [2.05, 4.69) is 24.4 Å². The van der Waals surface area contributed by atoms with Crippen LogP contribution in [0.15, 0.2) is 17.5 Å². The highest BCUT2D eigenvalue weighted by molar-refractivity contribution is 7.09. The van der Waals surface area contributed by atoms with E-state index in [-0.39, 0.29) is 5.54 Å². The Labute approximate surface area is 103 Å². The van der Waals surface area contributed by atoms with Gasteiger partial charge in [0, 0.05) is 10.4 Å². The van der Waals surface area contributed by atoms with Crippen LogP contribution in [-0.2, 0) is 6.42 Å². The third-order valence-corrected chi connectivity index (χ3v) is 5.10. The normalized spacial score (nSPS) is 30.5. The monoisotopic (exact) mass is 237 g/mol. The summed E-state index contributed by atoms with van der Waals surface area (Å²) >= 11 is 1.86. The molecule has 0 radical (unpaired) electrons. The predicted molar refractivity (Wildman–Crippen MR) is 71.8 cm³/mol. The highest BCUT2D eigenvalue weighted by atomic mass is 32.1. The van der Waals surface area contributed by atoms with Gasteiger partial charge in [0.05, 0.1) is 0 Å². The third-order valence-electron chi connectivity index (χ3n) is 4.17. The molecule has 0 aromatic carbocycles. The Morgan fingerprint density at radius 2 is 2.38 bits per heavy atom. The quantitative estimate of drug-likeness (QED) is 0.842. The van der Waals surface area contributed by atoms with Crippen molar-refractivity contribution in [3.8, 4) is 0 Å². The Balaban J connectivity index is 1.94. The maximum atomic E-state index is 6.64. The van der Waals surface area contributed by atoms with E-state index in [0.717, 1.165) is 5.92 Å². The number of hydrogen-bond donors (Lipinski definition) is 1. The lowest BCUT2D eigenvalue weighted by Gasteiger charge is -2.41. The highest BCUT2D eigenvalue weighted by Gasteiger charge is 2.35. The summed E-state index contributed by atoms with van der Waals surface area (Å²) in [6.07, 6.45) is 8.89. The SMILES string of the molecule is CCC1CCCCC1(N)CCc1cccs1. The van der Waals surface area contributed by atoms with Gasteiger partial charge in [-0.1, -0.05) is 32.3 Å². The first-order valence-corrected chi connectivity index (χ1v) is 7.44. The van der Waals surface area contributed by atoms with Gasteiger partial charge in [-0.15, -0.1) is 11.3 Å². The molecule has 90 valence electrons. The van der Waals surface area contributed by atoms with E-state index in [1.165, 1.54) is 49.8 Å². The molecule has 1 aliphatic rings. The van der Waals surface area contributed by atoms with Gasteiger partial charge in [-0.2, -0.15) is 0 Å². The molecule has 2 heteroatoms. The maximum Gasteiger partial charge on any atom is 0.0186 e. The summed E-state index contributed by atoms with van der Waals surface area (Å²) in [7, 11) is 0. The molecule has 2 unspecified atom stereocenters. The van der Waals surface area contributed by atoms with Gasteiger partial charge in [0.1, 0.15) is 0 Å². The van der Waals surface area contributed by atoms with Crippen LogP contribution >= 0.6 is 11.3 Å². The number of nitrogens with two attached hydrogens (primary N) is 1. The van der Waals surface area contributed by atoms with E-state index in [1.807, 2.05) is 11.3 Å². The lowest BCUT2D eigenvalue weighted by Crippen LogP contribution is -2.49. The summed E-state index contributed by atoms with van der Waals surface area (Å²) in [4.78, 5) is 1.49. The second-order valence-electron chi connectivity index (χ2n) is 5.16. The first kappa shape index (κ1) is 12.1. The van der Waals surface area contributed by atoms with Crippen molar-refractivity contribution in [2.24, 2.45) is 11.7 Å². The fourth-order valence-electron chi connectivity index (χ4n) is 3.09. The average molecular weight is 237 g/mol. The van der Waals surface area contributed by atoms with Crippen molar-refractivity contribution in [2.45, 2.75) is 57.4 Å². The zero-order valence-corrected chi connectivity index (χ0v) is 11.1. The molecule has 16 heavy (non-hydrogen) atoms. The van der Waals surface area contributed by atoms with Crippen LogP contribution in [-0.4, -0.2) is 5.54 Å². The molecular weight excluding hydrogens is 214 g/mol. The van der Waals surface area contributed by atoms with E-state index in [0.29, 0.717) is 0 Å². The molecule has 1 saturated carbocycles. The molecule has 2 rings (SSSR count). The van der Waals surface area contributed by atoms with Crippen molar-refractivity contribution in [3.05, 3.63) is 22.4 Å². The van der Waals surface area contributed by atoms with Crippen molar-refractivity contribution in [1.82, 2.24) is 0 Å². The summed E-state index contributed by atoms with van der Waals surface area (Å²) in [6, 6.07) is 4.37. The lowest BCUT2D eigenvalue weighted by atomic mass is 9.70. The van der Waals surface area contributed by atoms with Crippen molar-refractivity contribution >= 4 is 11.3 Å². The van der Waals surface area contributed by atoms with Crippen molar-refractivity contribution in [2.75, 3.05) is 0 Å². The van der Waals surface area contributed by atoms with E-state index in [9.17, 15) is 0 Å². The van der Waals surface area contributed by atoms with Gasteiger partial charge in [0.15, 0.2) is 0 Å². The number of thiophene rings is 1. The fourth-order valence-corrected chi connectivity index (χ4v) is 3.80. The first-order chi connectivity index (χ1) is 7.74. The van der Waals surface area contributed by atoms with Crippen LogP contribution in [0.5, 0.6) is 0 Å². The van der Waals surface area contributed by atoms with Crippen LogP contribution in [0.4, 0.5) is 0 Å². The second kappa shape index (κ2) is 5.33. The Kier molecular flexibility index (Phi) is 4.04. The molecule has 0 bridgehead atoms. The third kappa shape index (κ3) is 2.67. The minimum absolute atomic E-state index is 0.122. The Bertz CT molecular complexity index is 307. The summed E-state index contributed by atoms with van der Waals surface area (Å²) in [6.45, 7) is 2.29. The Morgan fingerprint density at radius 1 is 1.50 bits per heavy atom. The van der Waals surface area contributed by atoms with Crippen LogP contribution in [0.25, 0.3) is 0 Å². The van der Waals surface area contributed by atoms with Crippen molar-refractivity contribution in [3.63, 3.8) is 0 Å². The van der Waals surface area contributed by atoms with Gasteiger partial charge >= 0.3 is 0 Å². The largest absolute Gasteiger partial charge is 0.325 e. The summed E-state index contributed by atoms with van der Waals surface area (Å²) in [5.74, 6) is 0.751. The van der Waals surface area contributed by atoms with Crippen LogP contribution in [0.1, 0.15) is 50.3 Å². The van der Waals surface area contributed by atoms with Crippen molar-refractivity contribution < 1.29 is 0 Å². The Morgan fingerprint density at radius 3 is 3.06 bits per heavy atom. The molecule has 1 nitrogen and oxygen atoms in total. The van der Waals surface area contributed by atoms with Crippen LogP contribution < -0.4 is 5.73 Å². The molecule has 1 aromatic rings. The zero-order valence-electron chi connectivity index (χ0n) is 10.2. The smallest absolute Gasteiger partial charge is 0.0186 e. The summed E-state index contributed by atoms with van der Waals surface area (Å²) in [5.41, 5.74) is 6.76. The maximum absolute atomic E-state index is 6.64. The van der Waals surface area contributed by atoms with Gasteiger partial charge in [-0.05, 0) is 43.0 Å². The van der Waals surface area contributed by atoms with Crippen LogP contribution in [0, 0.1) is 5.92 Å². The average Bonchev–Trinajstić information content (AvgIpc) is 2.80. The molecule has 0 amide bonds. The first-order valence-electron chi connectivity index (χ1n) is 6.56. The standard InChI is InChI=1S/C14H23NS/c1-2-12-6-3-4-9-14(12,15)10-8-13-7-5-11-16-13/h5,7,11-12H,2-4,6,8-10,15H2,1H3. The molecule has 1 fully saturated rings. The van der Waals surface area contributed by atoms with Crippen LogP contribution in [0.2, 0.25) is 0 Å². The van der Waals surface area contributed by atoms with E-state index in [1.54, 1.807) is 0 Å². The van der Waals surface area contributed by atoms with Gasteiger partial charge in [-0.25, -0.2) is 0 Å². The topological polar surface area (TPSA) is 26.0 Å². The van der Waals surface area contributed by atoms with E-state index < -0.39 is 0 Å². The van der Waals surface area contributed by atoms with Gasteiger partial charge in [-0.3, -0.25) is 0 Å². The molecule has 1 aliphatic carbocycles. The molecule has 1 aromatic heterocycles. The summed E-state index contributed by atoms with van der Waals surface area (Å²) in [5, 5.41) is 2.16. The van der Waals surface area contributed by atoms with E-state index >= 15 is 0 Å². The number of hydrogen-bond acceptors (Lipinski definition) is 2. The molecule has 2 N–H and O–H groups in total.